The van der Waals surface area contributed by atoms with E-state index in [0.29, 0.717) is 13.1 Å². The van der Waals surface area contributed by atoms with Gasteiger partial charge in [0.1, 0.15) is 0 Å². The summed E-state index contributed by atoms with van der Waals surface area (Å²) in [5, 5.41) is 0. The molecule has 1 aliphatic heterocycles. The van der Waals surface area contributed by atoms with Crippen molar-refractivity contribution in [1.29, 1.82) is 0 Å². The van der Waals surface area contributed by atoms with Gasteiger partial charge in [-0.2, -0.15) is 0 Å². The Kier molecular flexibility index (Phi) is 2.76. The normalized spacial score (nSPS) is 33.1. The predicted octanol–water partition coefficient (Wildman–Crippen LogP) is 1.45. The lowest BCUT2D eigenvalue weighted by Gasteiger charge is -2.17. The van der Waals surface area contributed by atoms with E-state index in [9.17, 15) is 9.59 Å². The Morgan fingerprint density at radius 2 is 1.48 bits per heavy atom. The molecule has 4 heteroatoms. The molecule has 1 aromatic carbocycles. The van der Waals surface area contributed by atoms with Gasteiger partial charge < -0.3 is 5.73 Å². The molecule has 2 fully saturated rings. The molecule has 4 unspecified atom stereocenters. The summed E-state index contributed by atoms with van der Waals surface area (Å²) in [6, 6.07) is 7.80. The zero-order chi connectivity index (χ0) is 14.6. The monoisotopic (exact) mass is 282 g/mol. The molecule has 108 valence electrons. The van der Waals surface area contributed by atoms with Gasteiger partial charge in [-0.1, -0.05) is 36.4 Å². The first-order chi connectivity index (χ1) is 10.2. The summed E-state index contributed by atoms with van der Waals surface area (Å²) in [7, 11) is 0. The molecular weight excluding hydrogens is 264 g/mol. The first-order valence-electron chi connectivity index (χ1n) is 7.50. The lowest BCUT2D eigenvalue weighted by atomic mass is 9.85. The van der Waals surface area contributed by atoms with E-state index < -0.39 is 0 Å². The van der Waals surface area contributed by atoms with Gasteiger partial charge in [0, 0.05) is 6.54 Å². The van der Waals surface area contributed by atoms with E-state index in [1.54, 1.807) is 0 Å². The Morgan fingerprint density at radius 1 is 0.952 bits per heavy atom. The van der Waals surface area contributed by atoms with Gasteiger partial charge in [-0.05, 0) is 29.4 Å². The minimum Gasteiger partial charge on any atom is -0.326 e. The number of hydrogen-bond donors (Lipinski definition) is 1. The molecule has 2 N–H and O–H groups in total. The molecule has 1 heterocycles. The molecule has 1 saturated heterocycles. The number of likely N-dealkylation sites (tertiary alicyclic amines) is 1. The molecule has 4 rings (SSSR count). The first kappa shape index (κ1) is 12.8. The number of nitrogens with zero attached hydrogens (tertiary/aromatic N) is 1. The van der Waals surface area contributed by atoms with Crippen molar-refractivity contribution in [2.75, 3.05) is 0 Å². The van der Waals surface area contributed by atoms with Crippen molar-refractivity contribution in [2.45, 2.75) is 19.5 Å². The standard InChI is InChI=1S/C17H18N2O2/c18-8-10-1-3-11(4-2-10)9-19-16(20)14-12-5-6-13(7-12)15(14)17(19)21/h1-6,12-15H,7-9,18H2. The summed E-state index contributed by atoms with van der Waals surface area (Å²) in [6.45, 7) is 0.885. The van der Waals surface area contributed by atoms with Crippen LogP contribution in [0.2, 0.25) is 0 Å². The number of hydrogen-bond acceptors (Lipinski definition) is 3. The number of benzene rings is 1. The van der Waals surface area contributed by atoms with Crippen LogP contribution in [0.15, 0.2) is 36.4 Å². The number of imide groups is 1. The molecule has 3 aliphatic rings. The quantitative estimate of drug-likeness (QED) is 0.674. The highest BCUT2D eigenvalue weighted by atomic mass is 16.2. The van der Waals surface area contributed by atoms with E-state index in [1.807, 2.05) is 24.3 Å². The second kappa shape index (κ2) is 4.53. The van der Waals surface area contributed by atoms with Crippen molar-refractivity contribution in [1.82, 2.24) is 4.90 Å². The molecule has 0 radical (unpaired) electrons. The SMILES string of the molecule is NCc1ccc(CN2C(=O)C3C4C=CC(C4)C3C2=O)cc1. The number of amides is 2. The molecule has 0 aromatic heterocycles. The van der Waals surface area contributed by atoms with Gasteiger partial charge in [0.05, 0.1) is 18.4 Å². The van der Waals surface area contributed by atoms with Crippen LogP contribution in [-0.2, 0) is 22.7 Å². The Labute approximate surface area is 123 Å². The Bertz CT molecular complexity index is 605. The smallest absolute Gasteiger partial charge is 0.234 e. The second-order valence-electron chi connectivity index (χ2n) is 6.28. The minimum atomic E-state index is -0.101. The van der Waals surface area contributed by atoms with E-state index in [4.69, 9.17) is 5.73 Å². The third-order valence-corrected chi connectivity index (χ3v) is 5.16. The van der Waals surface area contributed by atoms with Gasteiger partial charge in [0.2, 0.25) is 11.8 Å². The molecule has 4 nitrogen and oxygen atoms in total. The van der Waals surface area contributed by atoms with Crippen molar-refractivity contribution in [3.63, 3.8) is 0 Å². The molecule has 21 heavy (non-hydrogen) atoms. The van der Waals surface area contributed by atoms with Gasteiger partial charge in [0.25, 0.3) is 0 Å². The maximum absolute atomic E-state index is 12.6. The molecule has 1 aromatic rings. The summed E-state index contributed by atoms with van der Waals surface area (Å²) < 4.78 is 0. The summed E-state index contributed by atoms with van der Waals surface area (Å²) in [5.41, 5.74) is 7.61. The number of fused-ring (bicyclic) bond motifs is 5. The fraction of sp³-hybridized carbons (Fsp3) is 0.412. The second-order valence-corrected chi connectivity index (χ2v) is 6.28. The largest absolute Gasteiger partial charge is 0.326 e. The first-order valence-corrected chi connectivity index (χ1v) is 7.50. The van der Waals surface area contributed by atoms with Crippen molar-refractivity contribution in [2.24, 2.45) is 29.4 Å². The Hall–Kier alpha value is -1.94. The van der Waals surface area contributed by atoms with Crippen LogP contribution in [0.5, 0.6) is 0 Å². The Morgan fingerprint density at radius 3 is 2.00 bits per heavy atom. The zero-order valence-electron chi connectivity index (χ0n) is 11.7. The van der Waals surface area contributed by atoms with Gasteiger partial charge in [-0.25, -0.2) is 0 Å². The summed E-state index contributed by atoms with van der Waals surface area (Å²) in [6.07, 6.45) is 5.22. The summed E-state index contributed by atoms with van der Waals surface area (Å²) in [4.78, 5) is 26.6. The average Bonchev–Trinajstić information content (AvgIpc) is 3.18. The number of rotatable bonds is 3. The van der Waals surface area contributed by atoms with Crippen LogP contribution in [0.3, 0.4) is 0 Å². The maximum Gasteiger partial charge on any atom is 0.234 e. The van der Waals surface area contributed by atoms with Crippen LogP contribution in [0, 0.1) is 23.7 Å². The lowest BCUT2D eigenvalue weighted by Crippen LogP contribution is -2.32. The average molecular weight is 282 g/mol. The van der Waals surface area contributed by atoms with Gasteiger partial charge in [-0.3, -0.25) is 14.5 Å². The van der Waals surface area contributed by atoms with E-state index in [2.05, 4.69) is 12.2 Å². The van der Waals surface area contributed by atoms with Crippen molar-refractivity contribution >= 4 is 11.8 Å². The third-order valence-electron chi connectivity index (χ3n) is 5.16. The topological polar surface area (TPSA) is 63.4 Å². The van der Waals surface area contributed by atoms with Crippen LogP contribution in [0.4, 0.5) is 0 Å². The maximum atomic E-state index is 12.6. The molecule has 4 atom stereocenters. The number of allylic oxidation sites excluding steroid dienone is 2. The highest BCUT2D eigenvalue weighted by molar-refractivity contribution is 6.06. The molecular formula is C17H18N2O2. The minimum absolute atomic E-state index is 0.0183. The van der Waals surface area contributed by atoms with Crippen LogP contribution < -0.4 is 5.73 Å². The number of nitrogens with two attached hydrogens (primary N) is 1. The predicted molar refractivity (Wildman–Crippen MR) is 77.6 cm³/mol. The lowest BCUT2D eigenvalue weighted by molar-refractivity contribution is -0.141. The van der Waals surface area contributed by atoms with Gasteiger partial charge >= 0.3 is 0 Å². The van der Waals surface area contributed by atoms with Crippen LogP contribution >= 0.6 is 0 Å². The number of carbonyl (C=O) groups is 2. The van der Waals surface area contributed by atoms with E-state index in [-0.39, 0.29) is 35.5 Å². The number of carbonyl (C=O) groups excluding carboxylic acids is 2. The highest BCUT2D eigenvalue weighted by Gasteiger charge is 2.59. The third kappa shape index (κ3) is 1.79. The van der Waals surface area contributed by atoms with E-state index in [1.165, 1.54) is 4.90 Å². The van der Waals surface area contributed by atoms with E-state index >= 15 is 0 Å². The molecule has 1 saturated carbocycles. The van der Waals surface area contributed by atoms with Crippen molar-refractivity contribution < 1.29 is 9.59 Å². The Balaban J connectivity index is 1.56. The van der Waals surface area contributed by atoms with Crippen molar-refractivity contribution in [3.8, 4) is 0 Å². The molecule has 2 amide bonds. The fourth-order valence-electron chi connectivity index (χ4n) is 4.08. The zero-order valence-corrected chi connectivity index (χ0v) is 11.7. The van der Waals surface area contributed by atoms with Crippen LogP contribution in [0.1, 0.15) is 17.5 Å². The van der Waals surface area contributed by atoms with Crippen LogP contribution in [-0.4, -0.2) is 16.7 Å². The van der Waals surface area contributed by atoms with Gasteiger partial charge in [0.15, 0.2) is 0 Å². The van der Waals surface area contributed by atoms with Crippen molar-refractivity contribution in [3.05, 3.63) is 47.5 Å². The fourth-order valence-corrected chi connectivity index (χ4v) is 4.08. The molecule has 2 bridgehead atoms. The molecule has 2 aliphatic carbocycles. The summed E-state index contributed by atoms with van der Waals surface area (Å²) in [5.74, 6) is 0.392. The highest BCUT2D eigenvalue weighted by Crippen LogP contribution is 2.52. The summed E-state index contributed by atoms with van der Waals surface area (Å²) >= 11 is 0. The molecule has 0 spiro atoms. The van der Waals surface area contributed by atoms with E-state index in [0.717, 1.165) is 17.5 Å². The van der Waals surface area contributed by atoms with Gasteiger partial charge in [-0.15, -0.1) is 0 Å². The van der Waals surface area contributed by atoms with Crippen LogP contribution in [0.25, 0.3) is 0 Å².